The maximum atomic E-state index is 4.48. The van der Waals surface area contributed by atoms with Crippen LogP contribution in [0.25, 0.3) is 0 Å². The summed E-state index contributed by atoms with van der Waals surface area (Å²) >= 11 is 3.66. The first-order valence-corrected chi connectivity index (χ1v) is 8.21. The van der Waals surface area contributed by atoms with Gasteiger partial charge >= 0.3 is 0 Å². The third-order valence-electron chi connectivity index (χ3n) is 3.62. The Balaban J connectivity index is 2.12. The standard InChI is InChI=1S/C16H23BrN4/c1-4-7-19-14(10-13-5-8-18-9-6-13)11-15-16(17)12(2)20-21(15)3/h5-6,8-9,14,19H,4,7,10-11H2,1-3H3. The van der Waals surface area contributed by atoms with Gasteiger partial charge < -0.3 is 5.32 Å². The Hall–Kier alpha value is -1.20. The summed E-state index contributed by atoms with van der Waals surface area (Å²) in [4.78, 5) is 4.09. The zero-order valence-electron chi connectivity index (χ0n) is 12.9. The number of halogens is 1. The van der Waals surface area contributed by atoms with Gasteiger partial charge in [0, 0.05) is 31.9 Å². The van der Waals surface area contributed by atoms with Crippen molar-refractivity contribution in [2.24, 2.45) is 7.05 Å². The van der Waals surface area contributed by atoms with Gasteiger partial charge in [-0.3, -0.25) is 9.67 Å². The molecule has 2 aromatic heterocycles. The van der Waals surface area contributed by atoms with Crippen molar-refractivity contribution in [2.45, 2.75) is 39.2 Å². The molecule has 0 aliphatic heterocycles. The lowest BCUT2D eigenvalue weighted by molar-refractivity contribution is 0.489. The highest BCUT2D eigenvalue weighted by Gasteiger charge is 2.16. The number of hydrogen-bond acceptors (Lipinski definition) is 3. The molecule has 0 saturated heterocycles. The molecule has 21 heavy (non-hydrogen) atoms. The second-order valence-corrected chi connectivity index (χ2v) is 6.18. The van der Waals surface area contributed by atoms with Gasteiger partial charge in [-0.15, -0.1) is 0 Å². The molecule has 0 aromatic carbocycles. The summed E-state index contributed by atoms with van der Waals surface area (Å²) in [5.74, 6) is 0. The van der Waals surface area contributed by atoms with Crippen LogP contribution in [0.5, 0.6) is 0 Å². The molecule has 0 saturated carbocycles. The number of nitrogens with one attached hydrogen (secondary N) is 1. The fraction of sp³-hybridized carbons (Fsp3) is 0.500. The van der Waals surface area contributed by atoms with Crippen LogP contribution in [0.15, 0.2) is 29.0 Å². The normalized spacial score (nSPS) is 12.6. The second kappa shape index (κ2) is 7.71. The zero-order valence-corrected chi connectivity index (χ0v) is 14.5. The smallest absolute Gasteiger partial charge is 0.0738 e. The maximum absolute atomic E-state index is 4.48. The molecule has 0 fully saturated rings. The number of rotatable bonds is 7. The Labute approximate surface area is 135 Å². The summed E-state index contributed by atoms with van der Waals surface area (Å²) in [6, 6.07) is 4.58. The van der Waals surface area contributed by atoms with Gasteiger partial charge in [-0.25, -0.2) is 0 Å². The van der Waals surface area contributed by atoms with Crippen LogP contribution in [0.1, 0.15) is 30.3 Å². The molecule has 2 aromatic rings. The third-order valence-corrected chi connectivity index (χ3v) is 4.65. The molecule has 0 aliphatic carbocycles. The highest BCUT2D eigenvalue weighted by molar-refractivity contribution is 9.10. The molecule has 1 atom stereocenters. The van der Waals surface area contributed by atoms with Gasteiger partial charge in [-0.1, -0.05) is 6.92 Å². The van der Waals surface area contributed by atoms with Crippen LogP contribution in [-0.4, -0.2) is 27.4 Å². The van der Waals surface area contributed by atoms with Crippen molar-refractivity contribution >= 4 is 15.9 Å². The Bertz CT molecular complexity index is 565. The van der Waals surface area contributed by atoms with E-state index >= 15 is 0 Å². The fourth-order valence-electron chi connectivity index (χ4n) is 2.50. The molecule has 5 heteroatoms. The van der Waals surface area contributed by atoms with Crippen LogP contribution in [0, 0.1) is 6.92 Å². The summed E-state index contributed by atoms with van der Waals surface area (Å²) in [6.45, 7) is 5.26. The minimum absolute atomic E-state index is 0.401. The van der Waals surface area contributed by atoms with Crippen LogP contribution >= 0.6 is 15.9 Å². The van der Waals surface area contributed by atoms with E-state index in [-0.39, 0.29) is 0 Å². The summed E-state index contributed by atoms with van der Waals surface area (Å²) in [6.07, 6.45) is 6.81. The lowest BCUT2D eigenvalue weighted by Gasteiger charge is -2.19. The van der Waals surface area contributed by atoms with Crippen LogP contribution < -0.4 is 5.32 Å². The van der Waals surface area contributed by atoms with E-state index in [1.54, 1.807) is 0 Å². The Morgan fingerprint density at radius 1 is 1.29 bits per heavy atom. The maximum Gasteiger partial charge on any atom is 0.0738 e. The number of aryl methyl sites for hydroxylation is 2. The zero-order chi connectivity index (χ0) is 15.2. The highest BCUT2D eigenvalue weighted by Crippen LogP contribution is 2.22. The predicted molar refractivity (Wildman–Crippen MR) is 89.4 cm³/mol. The Morgan fingerprint density at radius 3 is 2.57 bits per heavy atom. The average Bonchev–Trinajstić information content (AvgIpc) is 2.72. The first kappa shape index (κ1) is 16.2. The summed E-state index contributed by atoms with van der Waals surface area (Å²) in [5, 5.41) is 8.13. The quantitative estimate of drug-likeness (QED) is 0.834. The summed E-state index contributed by atoms with van der Waals surface area (Å²) in [5.41, 5.74) is 3.61. The van der Waals surface area contributed by atoms with E-state index in [4.69, 9.17) is 0 Å². The van der Waals surface area contributed by atoms with E-state index in [0.29, 0.717) is 6.04 Å². The minimum atomic E-state index is 0.401. The number of nitrogens with zero attached hydrogens (tertiary/aromatic N) is 3. The average molecular weight is 351 g/mol. The van der Waals surface area contributed by atoms with Crippen molar-refractivity contribution in [2.75, 3.05) is 6.54 Å². The Morgan fingerprint density at radius 2 is 2.00 bits per heavy atom. The molecule has 1 unspecified atom stereocenters. The molecular formula is C16H23BrN4. The van der Waals surface area contributed by atoms with Crippen molar-refractivity contribution in [1.29, 1.82) is 0 Å². The molecule has 2 heterocycles. The highest BCUT2D eigenvalue weighted by atomic mass is 79.9. The molecule has 0 spiro atoms. The molecule has 0 bridgehead atoms. The first-order chi connectivity index (χ1) is 10.1. The van der Waals surface area contributed by atoms with E-state index in [9.17, 15) is 0 Å². The molecular weight excluding hydrogens is 328 g/mol. The summed E-state index contributed by atoms with van der Waals surface area (Å²) in [7, 11) is 2.01. The Kier molecular flexibility index (Phi) is 5.94. The third kappa shape index (κ3) is 4.38. The molecule has 114 valence electrons. The fourth-order valence-corrected chi connectivity index (χ4v) is 3.00. The largest absolute Gasteiger partial charge is 0.313 e. The van der Waals surface area contributed by atoms with Crippen LogP contribution in [0.3, 0.4) is 0 Å². The van der Waals surface area contributed by atoms with E-state index in [1.165, 1.54) is 11.3 Å². The minimum Gasteiger partial charge on any atom is -0.313 e. The van der Waals surface area contributed by atoms with Crippen LogP contribution in [0.2, 0.25) is 0 Å². The molecule has 0 amide bonds. The van der Waals surface area contributed by atoms with Crippen molar-refractivity contribution in [1.82, 2.24) is 20.1 Å². The van der Waals surface area contributed by atoms with E-state index < -0.39 is 0 Å². The predicted octanol–water partition coefficient (Wildman–Crippen LogP) is 3.04. The molecule has 4 nitrogen and oxygen atoms in total. The van der Waals surface area contributed by atoms with Crippen molar-refractivity contribution in [3.05, 3.63) is 46.0 Å². The van der Waals surface area contributed by atoms with Gasteiger partial charge in [-0.05, 0) is 59.9 Å². The molecule has 0 aliphatic rings. The SMILES string of the molecule is CCCNC(Cc1ccncc1)Cc1c(Br)c(C)nn1C. The number of hydrogen-bond donors (Lipinski definition) is 1. The van der Waals surface area contributed by atoms with Crippen molar-refractivity contribution in [3.8, 4) is 0 Å². The van der Waals surface area contributed by atoms with Crippen LogP contribution in [-0.2, 0) is 19.9 Å². The molecule has 1 N–H and O–H groups in total. The lowest BCUT2D eigenvalue weighted by Crippen LogP contribution is -2.34. The molecule has 0 radical (unpaired) electrons. The van der Waals surface area contributed by atoms with Gasteiger partial charge in [0.2, 0.25) is 0 Å². The lowest BCUT2D eigenvalue weighted by atomic mass is 10.0. The van der Waals surface area contributed by atoms with Gasteiger partial charge in [0.15, 0.2) is 0 Å². The number of aromatic nitrogens is 3. The molecule has 2 rings (SSSR count). The number of pyridine rings is 1. The second-order valence-electron chi connectivity index (χ2n) is 5.38. The van der Waals surface area contributed by atoms with Crippen LogP contribution in [0.4, 0.5) is 0 Å². The van der Waals surface area contributed by atoms with Gasteiger partial charge in [0.1, 0.15) is 0 Å². The topological polar surface area (TPSA) is 42.7 Å². The van der Waals surface area contributed by atoms with Crippen molar-refractivity contribution in [3.63, 3.8) is 0 Å². The summed E-state index contributed by atoms with van der Waals surface area (Å²) < 4.78 is 3.11. The van der Waals surface area contributed by atoms with E-state index in [2.05, 4.69) is 50.4 Å². The van der Waals surface area contributed by atoms with Crippen molar-refractivity contribution < 1.29 is 0 Å². The van der Waals surface area contributed by atoms with Gasteiger partial charge in [-0.2, -0.15) is 5.10 Å². The van der Waals surface area contributed by atoms with Gasteiger partial charge in [0.05, 0.1) is 15.9 Å². The first-order valence-electron chi connectivity index (χ1n) is 7.42. The van der Waals surface area contributed by atoms with Gasteiger partial charge in [0.25, 0.3) is 0 Å². The van der Waals surface area contributed by atoms with E-state index in [0.717, 1.165) is 36.0 Å². The van der Waals surface area contributed by atoms with E-state index in [1.807, 2.05) is 31.0 Å². The monoisotopic (exact) mass is 350 g/mol.